The summed E-state index contributed by atoms with van der Waals surface area (Å²) in [5.74, 6) is 0.393. The van der Waals surface area contributed by atoms with Gasteiger partial charge in [0.25, 0.3) is 5.91 Å². The molecular formula is C20H11BrCl2N2O2. The lowest BCUT2D eigenvalue weighted by Crippen LogP contribution is -2.13. The number of nitrogens with one attached hydrogen (secondary N) is 1. The minimum absolute atomic E-state index is 0.0787. The van der Waals surface area contributed by atoms with Gasteiger partial charge in [-0.3, -0.25) is 4.79 Å². The second kappa shape index (κ2) is 8.45. The van der Waals surface area contributed by atoms with Crippen molar-refractivity contribution in [3.8, 4) is 17.4 Å². The molecule has 0 bridgehead atoms. The summed E-state index contributed by atoms with van der Waals surface area (Å²) in [5.41, 5.74) is 1.23. The first-order chi connectivity index (χ1) is 13.0. The van der Waals surface area contributed by atoms with Crippen molar-refractivity contribution < 1.29 is 9.21 Å². The van der Waals surface area contributed by atoms with Crippen LogP contribution in [0.4, 0.5) is 5.69 Å². The van der Waals surface area contributed by atoms with Crippen molar-refractivity contribution in [3.63, 3.8) is 0 Å². The van der Waals surface area contributed by atoms with Crippen LogP contribution in [0.2, 0.25) is 10.0 Å². The van der Waals surface area contributed by atoms with Crippen LogP contribution in [0.25, 0.3) is 17.4 Å². The van der Waals surface area contributed by atoms with Crippen molar-refractivity contribution in [1.82, 2.24) is 0 Å². The zero-order valence-electron chi connectivity index (χ0n) is 13.7. The molecule has 1 N–H and O–H groups in total. The van der Waals surface area contributed by atoms with Crippen LogP contribution in [0.3, 0.4) is 0 Å². The molecule has 2 aromatic carbocycles. The fourth-order valence-electron chi connectivity index (χ4n) is 2.29. The average Bonchev–Trinajstić information content (AvgIpc) is 3.10. The zero-order valence-corrected chi connectivity index (χ0v) is 16.8. The molecule has 0 aliphatic carbocycles. The minimum Gasteiger partial charge on any atom is -0.457 e. The fourth-order valence-corrected chi connectivity index (χ4v) is 2.99. The van der Waals surface area contributed by atoms with Crippen molar-refractivity contribution in [1.29, 1.82) is 5.26 Å². The second-order valence-corrected chi connectivity index (χ2v) is 7.20. The van der Waals surface area contributed by atoms with E-state index in [4.69, 9.17) is 27.6 Å². The number of anilines is 1. The Bertz CT molecular complexity index is 1080. The van der Waals surface area contributed by atoms with Crippen molar-refractivity contribution in [2.75, 3.05) is 5.32 Å². The van der Waals surface area contributed by atoms with Gasteiger partial charge in [-0.1, -0.05) is 45.2 Å². The van der Waals surface area contributed by atoms with Crippen LogP contribution in [0.15, 0.2) is 69.1 Å². The first kappa shape index (κ1) is 19.2. The number of carbonyl (C=O) groups excluding carboxylic acids is 1. The van der Waals surface area contributed by atoms with Gasteiger partial charge in [0, 0.05) is 21.8 Å². The number of benzene rings is 2. The molecule has 0 spiro atoms. The van der Waals surface area contributed by atoms with Crippen LogP contribution < -0.4 is 5.32 Å². The Morgan fingerprint density at radius 2 is 1.93 bits per heavy atom. The van der Waals surface area contributed by atoms with Crippen LogP contribution >= 0.6 is 39.1 Å². The van der Waals surface area contributed by atoms with E-state index in [0.29, 0.717) is 27.3 Å². The van der Waals surface area contributed by atoms with Crippen molar-refractivity contribution in [3.05, 3.63) is 80.4 Å². The topological polar surface area (TPSA) is 66.0 Å². The summed E-state index contributed by atoms with van der Waals surface area (Å²) in [6.07, 6.45) is 1.38. The number of nitriles is 1. The maximum absolute atomic E-state index is 12.3. The predicted molar refractivity (Wildman–Crippen MR) is 111 cm³/mol. The summed E-state index contributed by atoms with van der Waals surface area (Å²) in [6, 6.07) is 17.5. The van der Waals surface area contributed by atoms with Crippen LogP contribution in [-0.4, -0.2) is 5.91 Å². The first-order valence-electron chi connectivity index (χ1n) is 7.70. The van der Waals surface area contributed by atoms with Gasteiger partial charge in [-0.05, 0) is 48.5 Å². The predicted octanol–water partition coefficient (Wildman–Crippen LogP) is 6.56. The zero-order chi connectivity index (χ0) is 19.4. The normalized spacial score (nSPS) is 11.1. The molecule has 1 heterocycles. The molecule has 4 nitrogen and oxygen atoms in total. The molecule has 27 heavy (non-hydrogen) atoms. The number of nitrogens with zero attached hydrogens (tertiary/aromatic N) is 1. The van der Waals surface area contributed by atoms with E-state index in [2.05, 4.69) is 21.2 Å². The van der Waals surface area contributed by atoms with E-state index in [1.54, 1.807) is 48.5 Å². The number of rotatable bonds is 4. The SMILES string of the molecule is N#C/C(=C\c1ccc(-c2ccc(Cl)c(Cl)c2)o1)C(=O)Nc1cccc(Br)c1. The third kappa shape index (κ3) is 4.81. The van der Waals surface area contributed by atoms with E-state index in [1.165, 1.54) is 6.08 Å². The highest BCUT2D eigenvalue weighted by atomic mass is 79.9. The van der Waals surface area contributed by atoms with Crippen molar-refractivity contribution >= 4 is 56.8 Å². The molecule has 0 radical (unpaired) electrons. The highest BCUT2D eigenvalue weighted by Gasteiger charge is 2.12. The number of hydrogen-bond donors (Lipinski definition) is 1. The number of amides is 1. The van der Waals surface area contributed by atoms with Gasteiger partial charge in [0.05, 0.1) is 10.0 Å². The second-order valence-electron chi connectivity index (χ2n) is 5.47. The standard InChI is InChI=1S/C20H11BrCl2N2O2/c21-14-2-1-3-15(10-14)25-20(26)13(11-24)8-16-5-7-19(27-16)12-4-6-17(22)18(23)9-12/h1-10H,(H,25,26)/b13-8+. The molecule has 0 saturated heterocycles. The molecule has 1 amide bonds. The van der Waals surface area contributed by atoms with Gasteiger partial charge in [0.2, 0.25) is 0 Å². The van der Waals surface area contributed by atoms with Gasteiger partial charge in [-0.15, -0.1) is 0 Å². The Labute approximate surface area is 174 Å². The van der Waals surface area contributed by atoms with Gasteiger partial charge in [0.1, 0.15) is 23.2 Å². The third-order valence-electron chi connectivity index (χ3n) is 3.57. The van der Waals surface area contributed by atoms with E-state index >= 15 is 0 Å². The van der Waals surface area contributed by atoms with E-state index < -0.39 is 5.91 Å². The van der Waals surface area contributed by atoms with E-state index in [9.17, 15) is 10.1 Å². The monoisotopic (exact) mass is 460 g/mol. The number of carbonyl (C=O) groups is 1. The number of furan rings is 1. The Hall–Kier alpha value is -2.52. The Balaban J connectivity index is 1.82. The summed E-state index contributed by atoms with van der Waals surface area (Å²) >= 11 is 15.3. The maximum Gasteiger partial charge on any atom is 0.266 e. The molecule has 1 aromatic heterocycles. The van der Waals surface area contributed by atoms with Gasteiger partial charge in [0.15, 0.2) is 0 Å². The summed E-state index contributed by atoms with van der Waals surface area (Å²) in [4.78, 5) is 12.3. The van der Waals surface area contributed by atoms with Gasteiger partial charge >= 0.3 is 0 Å². The summed E-state index contributed by atoms with van der Waals surface area (Å²) < 4.78 is 6.52. The van der Waals surface area contributed by atoms with Crippen molar-refractivity contribution in [2.24, 2.45) is 0 Å². The van der Waals surface area contributed by atoms with Gasteiger partial charge in [-0.25, -0.2) is 0 Å². The minimum atomic E-state index is -0.525. The lowest BCUT2D eigenvalue weighted by molar-refractivity contribution is -0.112. The first-order valence-corrected chi connectivity index (χ1v) is 9.25. The van der Waals surface area contributed by atoms with Crippen LogP contribution in [-0.2, 0) is 4.79 Å². The van der Waals surface area contributed by atoms with E-state index in [0.717, 1.165) is 10.0 Å². The molecule has 3 aromatic rings. The van der Waals surface area contributed by atoms with E-state index in [1.807, 2.05) is 12.1 Å². The molecule has 134 valence electrons. The number of hydrogen-bond acceptors (Lipinski definition) is 3. The lowest BCUT2D eigenvalue weighted by atomic mass is 10.2. The summed E-state index contributed by atoms with van der Waals surface area (Å²) in [5, 5.41) is 12.8. The Morgan fingerprint density at radius 3 is 2.63 bits per heavy atom. The maximum atomic E-state index is 12.3. The molecule has 0 unspecified atom stereocenters. The van der Waals surface area contributed by atoms with Crippen molar-refractivity contribution in [2.45, 2.75) is 0 Å². The smallest absolute Gasteiger partial charge is 0.266 e. The van der Waals surface area contributed by atoms with E-state index in [-0.39, 0.29) is 5.57 Å². The highest BCUT2D eigenvalue weighted by molar-refractivity contribution is 9.10. The molecule has 0 atom stereocenters. The molecule has 3 rings (SSSR count). The molecule has 0 aliphatic heterocycles. The van der Waals surface area contributed by atoms with Gasteiger partial charge < -0.3 is 9.73 Å². The van der Waals surface area contributed by atoms with Gasteiger partial charge in [-0.2, -0.15) is 5.26 Å². The summed E-state index contributed by atoms with van der Waals surface area (Å²) in [7, 11) is 0. The molecular weight excluding hydrogens is 451 g/mol. The molecule has 0 aliphatic rings. The fraction of sp³-hybridized carbons (Fsp3) is 0. The molecule has 0 fully saturated rings. The Kier molecular flexibility index (Phi) is 6.02. The largest absolute Gasteiger partial charge is 0.457 e. The van der Waals surface area contributed by atoms with Crippen LogP contribution in [0.5, 0.6) is 0 Å². The quantitative estimate of drug-likeness (QED) is 0.353. The van der Waals surface area contributed by atoms with Crippen LogP contribution in [0, 0.1) is 11.3 Å². The lowest BCUT2D eigenvalue weighted by Gasteiger charge is -2.04. The van der Waals surface area contributed by atoms with Crippen LogP contribution in [0.1, 0.15) is 5.76 Å². The highest BCUT2D eigenvalue weighted by Crippen LogP contribution is 2.30. The summed E-state index contributed by atoms with van der Waals surface area (Å²) in [6.45, 7) is 0. The average molecular weight is 462 g/mol. The Morgan fingerprint density at radius 1 is 1.11 bits per heavy atom. The molecule has 0 saturated carbocycles. The molecule has 7 heteroatoms. The third-order valence-corrected chi connectivity index (χ3v) is 4.80. The number of halogens is 3.